The number of pyridine rings is 1. The molecule has 4 rings (SSSR count). The molecule has 1 N–H and O–H groups in total. The predicted octanol–water partition coefficient (Wildman–Crippen LogP) is 3.90. The topological polar surface area (TPSA) is 66.5 Å². The van der Waals surface area contributed by atoms with Gasteiger partial charge in [0.05, 0.1) is 22.5 Å². The maximum absolute atomic E-state index is 9.44. The highest BCUT2D eigenvalue weighted by molar-refractivity contribution is 5.93. The molecule has 2 aromatic heterocycles. The molecule has 4 aromatic rings. The van der Waals surface area contributed by atoms with Crippen LogP contribution in [0.15, 0.2) is 73.2 Å². The van der Waals surface area contributed by atoms with Crippen LogP contribution in [0.25, 0.3) is 16.6 Å². The van der Waals surface area contributed by atoms with Crippen LogP contribution in [0.3, 0.4) is 0 Å². The first-order valence-electron chi connectivity index (χ1n) is 7.96. The molecule has 0 aliphatic carbocycles. The molecule has 5 nitrogen and oxygen atoms in total. The molecule has 0 atom stereocenters. The first-order valence-corrected chi connectivity index (χ1v) is 7.96. The van der Waals surface area contributed by atoms with Crippen molar-refractivity contribution in [3.8, 4) is 11.8 Å². The molecule has 0 aliphatic rings. The van der Waals surface area contributed by atoms with Crippen molar-refractivity contribution in [1.29, 1.82) is 5.26 Å². The van der Waals surface area contributed by atoms with E-state index in [1.54, 1.807) is 12.4 Å². The SMILES string of the molecule is N#Cc1cnc2ccccc2c1NCc1ccccc1-n1cccn1. The third-order valence-corrected chi connectivity index (χ3v) is 4.09. The van der Waals surface area contributed by atoms with Crippen molar-refractivity contribution < 1.29 is 0 Å². The van der Waals surface area contributed by atoms with Crippen molar-refractivity contribution in [2.75, 3.05) is 5.32 Å². The van der Waals surface area contributed by atoms with Crippen LogP contribution >= 0.6 is 0 Å². The summed E-state index contributed by atoms with van der Waals surface area (Å²) in [5.74, 6) is 0. The van der Waals surface area contributed by atoms with Gasteiger partial charge in [0, 0.05) is 30.5 Å². The Morgan fingerprint density at radius 2 is 1.88 bits per heavy atom. The number of benzene rings is 2. The van der Waals surface area contributed by atoms with Crippen molar-refractivity contribution in [1.82, 2.24) is 14.8 Å². The van der Waals surface area contributed by atoms with E-state index in [9.17, 15) is 5.26 Å². The summed E-state index contributed by atoms with van der Waals surface area (Å²) in [6, 6.07) is 20.0. The second-order valence-electron chi connectivity index (χ2n) is 5.61. The van der Waals surface area contributed by atoms with E-state index in [1.807, 2.05) is 59.4 Å². The number of nitrogens with zero attached hydrogens (tertiary/aromatic N) is 4. The number of fused-ring (bicyclic) bond motifs is 1. The lowest BCUT2D eigenvalue weighted by Crippen LogP contribution is -2.07. The summed E-state index contributed by atoms with van der Waals surface area (Å²) in [6.07, 6.45) is 5.29. The van der Waals surface area contributed by atoms with Crippen molar-refractivity contribution >= 4 is 16.6 Å². The summed E-state index contributed by atoms with van der Waals surface area (Å²) >= 11 is 0. The Balaban J connectivity index is 1.72. The molecular formula is C20H15N5. The number of para-hydroxylation sites is 2. The van der Waals surface area contributed by atoms with Crippen molar-refractivity contribution in [2.24, 2.45) is 0 Å². The Morgan fingerprint density at radius 3 is 2.72 bits per heavy atom. The minimum absolute atomic E-state index is 0.537. The summed E-state index contributed by atoms with van der Waals surface area (Å²) in [5, 5.41) is 18.1. The van der Waals surface area contributed by atoms with E-state index >= 15 is 0 Å². The highest BCUT2D eigenvalue weighted by atomic mass is 15.3. The number of hydrogen-bond acceptors (Lipinski definition) is 4. The van der Waals surface area contributed by atoms with Gasteiger partial charge in [0.2, 0.25) is 0 Å². The van der Waals surface area contributed by atoms with Gasteiger partial charge >= 0.3 is 0 Å². The summed E-state index contributed by atoms with van der Waals surface area (Å²) in [7, 11) is 0. The van der Waals surface area contributed by atoms with Crippen LogP contribution in [0.2, 0.25) is 0 Å². The van der Waals surface area contributed by atoms with Crippen molar-refractivity contribution in [3.63, 3.8) is 0 Å². The highest BCUT2D eigenvalue weighted by Gasteiger charge is 2.10. The summed E-state index contributed by atoms with van der Waals surface area (Å²) in [4.78, 5) is 4.35. The third-order valence-electron chi connectivity index (χ3n) is 4.09. The van der Waals surface area contributed by atoms with E-state index in [2.05, 4.69) is 27.5 Å². The second-order valence-corrected chi connectivity index (χ2v) is 5.61. The summed E-state index contributed by atoms with van der Waals surface area (Å²) < 4.78 is 1.84. The third kappa shape index (κ3) is 2.81. The standard InChI is InChI=1S/C20H15N5/c21-12-16-14-22-18-8-3-2-7-17(18)20(16)23-13-15-6-1-4-9-19(15)25-11-5-10-24-25/h1-11,14H,13H2,(H,22,23). The predicted molar refractivity (Wildman–Crippen MR) is 97.3 cm³/mol. The maximum atomic E-state index is 9.44. The van der Waals surface area contributed by atoms with E-state index in [0.29, 0.717) is 12.1 Å². The summed E-state index contributed by atoms with van der Waals surface area (Å²) in [6.45, 7) is 0.582. The first kappa shape index (κ1) is 14.9. The lowest BCUT2D eigenvalue weighted by atomic mass is 10.1. The number of nitrogens with one attached hydrogen (secondary N) is 1. The van der Waals surface area contributed by atoms with Gasteiger partial charge in [0.15, 0.2) is 0 Å². The second kappa shape index (κ2) is 6.46. The van der Waals surface area contributed by atoms with Gasteiger partial charge in [-0.2, -0.15) is 10.4 Å². The Bertz CT molecular complexity index is 1060. The Labute approximate surface area is 145 Å². The molecule has 2 heterocycles. The molecule has 5 heteroatoms. The average molecular weight is 325 g/mol. The zero-order valence-corrected chi connectivity index (χ0v) is 13.4. The molecule has 0 saturated carbocycles. The van der Waals surface area contributed by atoms with E-state index in [1.165, 1.54) is 0 Å². The fourth-order valence-corrected chi connectivity index (χ4v) is 2.90. The molecular weight excluding hydrogens is 310 g/mol. The molecule has 0 spiro atoms. The van der Waals surface area contributed by atoms with Gasteiger partial charge in [-0.25, -0.2) is 4.68 Å². The molecule has 0 saturated heterocycles. The zero-order chi connectivity index (χ0) is 17.1. The number of nitriles is 1. The minimum Gasteiger partial charge on any atom is -0.379 e. The van der Waals surface area contributed by atoms with Crippen LogP contribution in [0, 0.1) is 11.3 Å². The van der Waals surface area contributed by atoms with E-state index in [0.717, 1.165) is 27.8 Å². The lowest BCUT2D eigenvalue weighted by molar-refractivity contribution is 0.864. The van der Waals surface area contributed by atoms with Crippen molar-refractivity contribution in [2.45, 2.75) is 6.54 Å². The summed E-state index contributed by atoms with van der Waals surface area (Å²) in [5.41, 5.74) is 4.32. The van der Waals surface area contributed by atoms with Crippen LogP contribution in [-0.2, 0) is 6.54 Å². The maximum Gasteiger partial charge on any atom is 0.103 e. The van der Waals surface area contributed by atoms with Crippen LogP contribution in [0.1, 0.15) is 11.1 Å². The van der Waals surface area contributed by atoms with Crippen LogP contribution in [-0.4, -0.2) is 14.8 Å². The first-order chi connectivity index (χ1) is 12.4. The monoisotopic (exact) mass is 325 g/mol. The molecule has 0 unspecified atom stereocenters. The molecule has 0 radical (unpaired) electrons. The molecule has 0 fully saturated rings. The molecule has 0 bridgehead atoms. The number of hydrogen-bond donors (Lipinski definition) is 1. The number of aromatic nitrogens is 3. The molecule has 2 aromatic carbocycles. The van der Waals surface area contributed by atoms with Gasteiger partial charge < -0.3 is 5.32 Å². The van der Waals surface area contributed by atoms with Crippen LogP contribution in [0.5, 0.6) is 0 Å². The van der Waals surface area contributed by atoms with E-state index in [4.69, 9.17) is 0 Å². The number of anilines is 1. The largest absolute Gasteiger partial charge is 0.379 e. The van der Waals surface area contributed by atoms with Gasteiger partial charge in [0.1, 0.15) is 6.07 Å². The molecule has 120 valence electrons. The van der Waals surface area contributed by atoms with E-state index < -0.39 is 0 Å². The van der Waals surface area contributed by atoms with Crippen molar-refractivity contribution in [3.05, 3.63) is 84.3 Å². The minimum atomic E-state index is 0.537. The zero-order valence-electron chi connectivity index (χ0n) is 13.4. The Morgan fingerprint density at radius 1 is 1.04 bits per heavy atom. The lowest BCUT2D eigenvalue weighted by Gasteiger charge is -2.14. The molecule has 0 aliphatic heterocycles. The van der Waals surface area contributed by atoms with Gasteiger partial charge in [-0.1, -0.05) is 36.4 Å². The Kier molecular flexibility index (Phi) is 3.85. The quantitative estimate of drug-likeness (QED) is 0.618. The molecule has 25 heavy (non-hydrogen) atoms. The van der Waals surface area contributed by atoms with Gasteiger partial charge in [-0.05, 0) is 23.8 Å². The fraction of sp³-hybridized carbons (Fsp3) is 0.0500. The smallest absolute Gasteiger partial charge is 0.103 e. The number of rotatable bonds is 4. The van der Waals surface area contributed by atoms with Gasteiger partial charge in [-0.3, -0.25) is 4.98 Å². The highest BCUT2D eigenvalue weighted by Crippen LogP contribution is 2.26. The van der Waals surface area contributed by atoms with Gasteiger partial charge in [0.25, 0.3) is 0 Å². The molecule has 0 amide bonds. The average Bonchev–Trinajstić information content (AvgIpc) is 3.20. The Hall–Kier alpha value is -3.65. The van der Waals surface area contributed by atoms with Gasteiger partial charge in [-0.15, -0.1) is 0 Å². The fourth-order valence-electron chi connectivity index (χ4n) is 2.90. The van der Waals surface area contributed by atoms with Crippen LogP contribution in [0.4, 0.5) is 5.69 Å². The normalized spacial score (nSPS) is 10.5. The van der Waals surface area contributed by atoms with E-state index in [-0.39, 0.29) is 0 Å². The van der Waals surface area contributed by atoms with Crippen LogP contribution < -0.4 is 5.32 Å².